The highest BCUT2D eigenvalue weighted by atomic mass is 16.2. The Hall–Kier alpha value is -4.26. The summed E-state index contributed by atoms with van der Waals surface area (Å²) in [4.78, 5) is 44.5. The Bertz CT molecular complexity index is 1260. The van der Waals surface area contributed by atoms with Gasteiger partial charge in [-0.2, -0.15) is 0 Å². The standard InChI is InChI=1S/C27H24N4O3/c32-25(20-7-4-13-28-17-20)29-21-12-14-31-24(16-21)26(33)30-23-11-10-19(15-22(23)27(31)34)9-8-18-5-2-1-3-6-18/h1-11,13,15,17,21,24H,12,14,16H2,(H,29,32)(H,30,33)/t21-,24-/m0/s1. The number of carbonyl (C=O) groups excluding carboxylic acids is 3. The van der Waals surface area contributed by atoms with Crippen molar-refractivity contribution < 1.29 is 14.4 Å². The van der Waals surface area contributed by atoms with E-state index in [1.807, 2.05) is 54.6 Å². The van der Waals surface area contributed by atoms with Crippen molar-refractivity contribution in [2.75, 3.05) is 11.9 Å². The summed E-state index contributed by atoms with van der Waals surface area (Å²) >= 11 is 0. The SMILES string of the molecule is O=C(N[C@H]1CCN2C(=O)c3cc(C=Cc4ccccc4)ccc3NC(=O)[C@@H]2C1)c1cccnc1. The van der Waals surface area contributed by atoms with Crippen LogP contribution in [0.25, 0.3) is 12.2 Å². The van der Waals surface area contributed by atoms with Crippen molar-refractivity contribution in [2.24, 2.45) is 0 Å². The monoisotopic (exact) mass is 452 g/mol. The molecule has 2 aromatic carbocycles. The molecule has 3 amide bonds. The molecule has 3 heterocycles. The van der Waals surface area contributed by atoms with E-state index in [0.717, 1.165) is 11.1 Å². The summed E-state index contributed by atoms with van der Waals surface area (Å²) in [6.45, 7) is 0.387. The Balaban J connectivity index is 1.33. The first-order valence-electron chi connectivity index (χ1n) is 11.3. The van der Waals surface area contributed by atoms with Crippen LogP contribution < -0.4 is 10.6 Å². The summed E-state index contributed by atoms with van der Waals surface area (Å²) in [5, 5.41) is 5.89. The van der Waals surface area contributed by atoms with Crippen LogP contribution in [0.15, 0.2) is 73.1 Å². The van der Waals surface area contributed by atoms with Crippen LogP contribution in [0.1, 0.15) is 44.7 Å². The normalized spacial score (nSPS) is 19.7. The first kappa shape index (κ1) is 21.6. The molecule has 0 aliphatic carbocycles. The molecule has 170 valence electrons. The zero-order valence-corrected chi connectivity index (χ0v) is 18.5. The number of pyridine rings is 1. The van der Waals surface area contributed by atoms with Crippen molar-refractivity contribution in [3.63, 3.8) is 0 Å². The highest BCUT2D eigenvalue weighted by molar-refractivity contribution is 6.10. The number of carbonyl (C=O) groups is 3. The van der Waals surface area contributed by atoms with Crippen LogP contribution in [0.2, 0.25) is 0 Å². The first-order valence-corrected chi connectivity index (χ1v) is 11.3. The summed E-state index contributed by atoms with van der Waals surface area (Å²) in [6.07, 6.45) is 7.99. The van der Waals surface area contributed by atoms with E-state index in [2.05, 4.69) is 15.6 Å². The second kappa shape index (κ2) is 9.31. The van der Waals surface area contributed by atoms with E-state index in [1.54, 1.807) is 29.3 Å². The van der Waals surface area contributed by atoms with E-state index in [-0.39, 0.29) is 23.8 Å². The van der Waals surface area contributed by atoms with Gasteiger partial charge in [0.05, 0.1) is 16.8 Å². The number of fused-ring (bicyclic) bond motifs is 2. The molecule has 0 unspecified atom stereocenters. The maximum absolute atomic E-state index is 13.4. The van der Waals surface area contributed by atoms with E-state index in [1.165, 1.54) is 6.20 Å². The van der Waals surface area contributed by atoms with Gasteiger partial charge < -0.3 is 15.5 Å². The molecule has 0 radical (unpaired) electrons. The van der Waals surface area contributed by atoms with Crippen molar-refractivity contribution in [2.45, 2.75) is 24.9 Å². The van der Waals surface area contributed by atoms with Crippen LogP contribution in [0.5, 0.6) is 0 Å². The maximum atomic E-state index is 13.4. The molecule has 7 heteroatoms. The smallest absolute Gasteiger partial charge is 0.256 e. The topological polar surface area (TPSA) is 91.4 Å². The average molecular weight is 453 g/mol. The summed E-state index contributed by atoms with van der Waals surface area (Å²) in [7, 11) is 0. The molecule has 0 bridgehead atoms. The Morgan fingerprint density at radius 2 is 1.85 bits per heavy atom. The third-order valence-electron chi connectivity index (χ3n) is 6.22. The number of aromatic nitrogens is 1. The van der Waals surface area contributed by atoms with Gasteiger partial charge in [0.1, 0.15) is 6.04 Å². The lowest BCUT2D eigenvalue weighted by molar-refractivity contribution is -0.121. The van der Waals surface area contributed by atoms with Crippen LogP contribution in [-0.4, -0.2) is 46.2 Å². The number of benzene rings is 2. The molecule has 34 heavy (non-hydrogen) atoms. The number of amides is 3. The molecule has 2 aliphatic heterocycles. The number of nitrogens with one attached hydrogen (secondary N) is 2. The molecule has 5 rings (SSSR count). The average Bonchev–Trinajstić information content (AvgIpc) is 2.98. The summed E-state index contributed by atoms with van der Waals surface area (Å²) in [6, 6.07) is 17.9. The highest BCUT2D eigenvalue weighted by Crippen LogP contribution is 2.29. The lowest BCUT2D eigenvalue weighted by atomic mass is 9.95. The van der Waals surface area contributed by atoms with Crippen molar-refractivity contribution in [1.82, 2.24) is 15.2 Å². The van der Waals surface area contributed by atoms with E-state index in [4.69, 9.17) is 0 Å². The van der Waals surface area contributed by atoms with Crippen LogP contribution in [0, 0.1) is 0 Å². The van der Waals surface area contributed by atoms with Crippen LogP contribution >= 0.6 is 0 Å². The quantitative estimate of drug-likeness (QED) is 0.592. The zero-order valence-electron chi connectivity index (χ0n) is 18.5. The largest absolute Gasteiger partial charge is 0.349 e. The molecule has 1 aromatic heterocycles. The van der Waals surface area contributed by atoms with E-state index < -0.39 is 6.04 Å². The predicted octanol–water partition coefficient (Wildman–Crippen LogP) is 3.61. The minimum Gasteiger partial charge on any atom is -0.349 e. The lowest BCUT2D eigenvalue weighted by Crippen LogP contribution is -2.55. The third-order valence-corrected chi connectivity index (χ3v) is 6.22. The molecule has 7 nitrogen and oxygen atoms in total. The van der Waals surface area contributed by atoms with Crippen LogP contribution in [0.4, 0.5) is 5.69 Å². The van der Waals surface area contributed by atoms with Gasteiger partial charge in [-0.3, -0.25) is 19.4 Å². The molecule has 1 saturated heterocycles. The van der Waals surface area contributed by atoms with Gasteiger partial charge in [-0.05, 0) is 48.2 Å². The van der Waals surface area contributed by atoms with Crippen molar-refractivity contribution >= 4 is 35.6 Å². The van der Waals surface area contributed by atoms with Gasteiger partial charge in [0, 0.05) is 25.0 Å². The minimum atomic E-state index is -0.642. The number of piperidine rings is 1. The summed E-state index contributed by atoms with van der Waals surface area (Å²) < 4.78 is 0. The minimum absolute atomic E-state index is 0.176. The second-order valence-electron chi connectivity index (χ2n) is 8.49. The maximum Gasteiger partial charge on any atom is 0.256 e. The highest BCUT2D eigenvalue weighted by Gasteiger charge is 2.40. The molecule has 2 N–H and O–H groups in total. The molecular formula is C27H24N4O3. The predicted molar refractivity (Wildman–Crippen MR) is 130 cm³/mol. The molecule has 0 saturated carbocycles. The van der Waals surface area contributed by atoms with Gasteiger partial charge in [-0.15, -0.1) is 0 Å². The van der Waals surface area contributed by atoms with Crippen LogP contribution in [0.3, 0.4) is 0 Å². The van der Waals surface area contributed by atoms with E-state index >= 15 is 0 Å². The van der Waals surface area contributed by atoms with Gasteiger partial charge in [0.15, 0.2) is 0 Å². The fraction of sp³-hybridized carbons (Fsp3) is 0.185. The number of rotatable bonds is 4. The van der Waals surface area contributed by atoms with Crippen molar-refractivity contribution in [1.29, 1.82) is 0 Å². The van der Waals surface area contributed by atoms with E-state index in [0.29, 0.717) is 36.2 Å². The van der Waals surface area contributed by atoms with Gasteiger partial charge in [-0.25, -0.2) is 0 Å². The van der Waals surface area contributed by atoms with Gasteiger partial charge >= 0.3 is 0 Å². The fourth-order valence-electron chi connectivity index (χ4n) is 4.43. The number of anilines is 1. The molecule has 0 spiro atoms. The Morgan fingerprint density at radius 1 is 1.03 bits per heavy atom. The molecule has 3 aromatic rings. The van der Waals surface area contributed by atoms with Gasteiger partial charge in [-0.1, -0.05) is 48.6 Å². The lowest BCUT2D eigenvalue weighted by Gasteiger charge is -2.37. The van der Waals surface area contributed by atoms with Gasteiger partial charge in [0.25, 0.3) is 11.8 Å². The van der Waals surface area contributed by atoms with Crippen LogP contribution in [-0.2, 0) is 4.79 Å². The van der Waals surface area contributed by atoms with Gasteiger partial charge in [0.2, 0.25) is 5.91 Å². The molecule has 2 atom stereocenters. The number of nitrogens with zero attached hydrogens (tertiary/aromatic N) is 2. The molecular weight excluding hydrogens is 428 g/mol. The number of hydrogen-bond donors (Lipinski definition) is 2. The summed E-state index contributed by atoms with van der Waals surface area (Å²) in [5.41, 5.74) is 3.39. The Morgan fingerprint density at radius 3 is 2.65 bits per heavy atom. The fourth-order valence-corrected chi connectivity index (χ4v) is 4.43. The molecule has 1 fully saturated rings. The third kappa shape index (κ3) is 4.45. The molecule has 2 aliphatic rings. The first-order chi connectivity index (χ1) is 16.6. The van der Waals surface area contributed by atoms with E-state index in [9.17, 15) is 14.4 Å². The summed E-state index contributed by atoms with van der Waals surface area (Å²) in [5.74, 6) is -0.643. The van der Waals surface area contributed by atoms with Crippen molar-refractivity contribution in [3.8, 4) is 0 Å². The Labute approximate surface area is 197 Å². The Kier molecular flexibility index (Phi) is 5.91. The zero-order chi connectivity index (χ0) is 23.5. The number of hydrogen-bond acceptors (Lipinski definition) is 4. The second-order valence-corrected chi connectivity index (χ2v) is 8.49. The van der Waals surface area contributed by atoms with Crippen molar-refractivity contribution in [3.05, 3.63) is 95.3 Å².